The number of urea groups is 1. The van der Waals surface area contributed by atoms with Crippen LogP contribution >= 0.6 is 0 Å². The molecule has 1 aliphatic carbocycles. The number of piperazine rings is 1. The third-order valence-corrected chi connectivity index (χ3v) is 6.28. The van der Waals surface area contributed by atoms with E-state index in [2.05, 4.69) is 11.9 Å². The van der Waals surface area contributed by atoms with Gasteiger partial charge in [0.05, 0.1) is 0 Å². The molecule has 1 spiro atoms. The van der Waals surface area contributed by atoms with Crippen LogP contribution in [0.5, 0.6) is 0 Å². The smallest absolute Gasteiger partial charge is 0.314 e. The van der Waals surface area contributed by atoms with Crippen LogP contribution in [0.15, 0.2) is 0 Å². The summed E-state index contributed by atoms with van der Waals surface area (Å²) in [6, 6.07) is -0.599. The van der Waals surface area contributed by atoms with Gasteiger partial charge in [0, 0.05) is 51.7 Å². The molecule has 2 saturated heterocycles. The van der Waals surface area contributed by atoms with Crippen LogP contribution in [0.3, 0.4) is 0 Å². The van der Waals surface area contributed by atoms with Gasteiger partial charge in [0.15, 0.2) is 0 Å². The summed E-state index contributed by atoms with van der Waals surface area (Å²) in [5.74, 6) is 0.864. The van der Waals surface area contributed by atoms with Gasteiger partial charge in [-0.3, -0.25) is 14.5 Å². The van der Waals surface area contributed by atoms with Gasteiger partial charge >= 0.3 is 6.03 Å². The Kier molecular flexibility index (Phi) is 5.41. The Labute approximate surface area is 155 Å². The first-order valence-corrected chi connectivity index (χ1v) is 9.58. The minimum absolute atomic E-state index is 0.00185. The first kappa shape index (κ1) is 18.9. The van der Waals surface area contributed by atoms with E-state index in [0.717, 1.165) is 32.5 Å². The maximum Gasteiger partial charge on any atom is 0.314 e. The fourth-order valence-corrected chi connectivity index (χ4v) is 4.09. The van der Waals surface area contributed by atoms with E-state index in [1.807, 2.05) is 9.80 Å². The highest BCUT2D eigenvalue weighted by atomic mass is 16.2. The number of likely N-dealkylation sites (tertiary alicyclic amines) is 1. The number of likely N-dealkylation sites (N-methyl/N-ethyl adjacent to an activating group) is 2. The molecule has 3 fully saturated rings. The van der Waals surface area contributed by atoms with Crippen LogP contribution in [-0.2, 0) is 9.59 Å². The van der Waals surface area contributed by atoms with Crippen molar-refractivity contribution in [3.05, 3.63) is 0 Å². The Morgan fingerprint density at radius 2 is 1.96 bits per heavy atom. The number of primary amides is 1. The van der Waals surface area contributed by atoms with E-state index in [1.54, 1.807) is 0 Å². The highest BCUT2D eigenvalue weighted by Crippen LogP contribution is 2.35. The van der Waals surface area contributed by atoms with Crippen molar-refractivity contribution in [2.45, 2.75) is 37.6 Å². The lowest BCUT2D eigenvalue weighted by Gasteiger charge is -2.49. The molecule has 0 bridgehead atoms. The average molecular weight is 365 g/mol. The minimum atomic E-state index is -0.599. The predicted octanol–water partition coefficient (Wildman–Crippen LogP) is -0.0678. The number of amides is 4. The molecule has 2 heterocycles. The zero-order chi connectivity index (χ0) is 18.9. The van der Waals surface area contributed by atoms with Crippen LogP contribution < -0.4 is 5.73 Å². The third-order valence-electron chi connectivity index (χ3n) is 6.28. The van der Waals surface area contributed by atoms with Gasteiger partial charge in [-0.1, -0.05) is 0 Å². The summed E-state index contributed by atoms with van der Waals surface area (Å²) in [5, 5.41) is 0. The molecule has 1 atom stereocenters. The molecule has 0 aromatic rings. The fourth-order valence-electron chi connectivity index (χ4n) is 4.09. The number of hydrogen-bond acceptors (Lipinski definition) is 4. The van der Waals surface area contributed by atoms with Gasteiger partial charge in [-0.2, -0.15) is 0 Å². The number of nitrogens with zero attached hydrogens (tertiary/aromatic N) is 4. The molecule has 146 valence electrons. The maximum absolute atomic E-state index is 12.6. The lowest BCUT2D eigenvalue weighted by molar-refractivity contribution is -0.137. The Morgan fingerprint density at radius 3 is 2.62 bits per heavy atom. The van der Waals surface area contributed by atoms with E-state index < -0.39 is 6.03 Å². The molecule has 2 aliphatic heterocycles. The van der Waals surface area contributed by atoms with E-state index in [0.29, 0.717) is 25.4 Å². The average Bonchev–Trinajstić information content (AvgIpc) is 3.42. The van der Waals surface area contributed by atoms with E-state index in [-0.39, 0.29) is 23.9 Å². The van der Waals surface area contributed by atoms with Crippen molar-refractivity contribution in [3.8, 4) is 0 Å². The van der Waals surface area contributed by atoms with Crippen molar-refractivity contribution in [3.63, 3.8) is 0 Å². The van der Waals surface area contributed by atoms with Gasteiger partial charge < -0.3 is 20.4 Å². The van der Waals surface area contributed by atoms with Crippen molar-refractivity contribution in [2.75, 3.05) is 53.4 Å². The Hall–Kier alpha value is -1.83. The molecule has 8 heteroatoms. The molecule has 1 unspecified atom stereocenters. The van der Waals surface area contributed by atoms with Crippen LogP contribution in [-0.4, -0.2) is 96.3 Å². The van der Waals surface area contributed by atoms with Crippen molar-refractivity contribution >= 4 is 17.8 Å². The van der Waals surface area contributed by atoms with Gasteiger partial charge in [-0.15, -0.1) is 0 Å². The normalized spacial score (nSPS) is 27.5. The highest BCUT2D eigenvalue weighted by Gasteiger charge is 2.44. The topological polar surface area (TPSA) is 90.2 Å². The molecule has 4 amide bonds. The van der Waals surface area contributed by atoms with Crippen LogP contribution in [0.4, 0.5) is 4.79 Å². The molecule has 0 aromatic carbocycles. The third kappa shape index (κ3) is 4.11. The van der Waals surface area contributed by atoms with Crippen molar-refractivity contribution in [1.82, 2.24) is 19.6 Å². The Morgan fingerprint density at radius 1 is 1.23 bits per heavy atom. The summed E-state index contributed by atoms with van der Waals surface area (Å²) < 4.78 is 0. The van der Waals surface area contributed by atoms with Crippen LogP contribution in [0.1, 0.15) is 32.1 Å². The number of rotatable bonds is 4. The lowest BCUT2D eigenvalue weighted by Crippen LogP contribution is -2.63. The molecule has 0 aromatic heterocycles. The first-order chi connectivity index (χ1) is 12.3. The summed E-state index contributed by atoms with van der Waals surface area (Å²) in [7, 11) is 3.63. The Balaban J connectivity index is 1.65. The van der Waals surface area contributed by atoms with Crippen molar-refractivity contribution in [2.24, 2.45) is 11.7 Å². The van der Waals surface area contributed by atoms with Gasteiger partial charge in [0.2, 0.25) is 11.8 Å². The van der Waals surface area contributed by atoms with Gasteiger partial charge in [-0.25, -0.2) is 4.79 Å². The zero-order valence-corrected chi connectivity index (χ0v) is 15.9. The van der Waals surface area contributed by atoms with E-state index >= 15 is 0 Å². The van der Waals surface area contributed by atoms with Crippen molar-refractivity contribution < 1.29 is 14.4 Å². The molecule has 2 N–H and O–H groups in total. The first-order valence-electron chi connectivity index (χ1n) is 9.58. The van der Waals surface area contributed by atoms with Crippen LogP contribution in [0.25, 0.3) is 0 Å². The van der Waals surface area contributed by atoms with Gasteiger partial charge in [-0.05, 0) is 38.6 Å². The molecule has 26 heavy (non-hydrogen) atoms. The summed E-state index contributed by atoms with van der Waals surface area (Å²) in [5.41, 5.74) is 5.07. The monoisotopic (exact) mass is 365 g/mol. The molecule has 3 rings (SSSR count). The summed E-state index contributed by atoms with van der Waals surface area (Å²) in [4.78, 5) is 43.7. The second kappa shape index (κ2) is 7.42. The highest BCUT2D eigenvalue weighted by molar-refractivity contribution is 5.83. The molecule has 1 saturated carbocycles. The number of carbonyl (C=O) groups excluding carboxylic acids is 3. The van der Waals surface area contributed by atoms with E-state index in [9.17, 15) is 14.4 Å². The second-order valence-corrected chi connectivity index (χ2v) is 8.19. The van der Waals surface area contributed by atoms with E-state index in [4.69, 9.17) is 5.73 Å². The standard InChI is InChI=1S/C18H31N5O3/c1-20(17(19)26)12-16(25)23-10-9-21(2)18(13-23)6-5-15(24)22(8-7-18)11-14-3-4-14/h14H,3-13H2,1-2H3,(H2,19,26). The van der Waals surface area contributed by atoms with E-state index in [1.165, 1.54) is 24.8 Å². The molecular weight excluding hydrogens is 334 g/mol. The number of carbonyl (C=O) groups is 3. The van der Waals surface area contributed by atoms with Crippen molar-refractivity contribution in [1.29, 1.82) is 0 Å². The molecule has 8 nitrogen and oxygen atoms in total. The summed E-state index contributed by atoms with van der Waals surface area (Å²) >= 11 is 0. The lowest BCUT2D eigenvalue weighted by atomic mass is 9.86. The quantitative estimate of drug-likeness (QED) is 0.755. The van der Waals surface area contributed by atoms with Gasteiger partial charge in [0.25, 0.3) is 0 Å². The predicted molar refractivity (Wildman–Crippen MR) is 97.3 cm³/mol. The minimum Gasteiger partial charge on any atom is -0.351 e. The fraction of sp³-hybridized carbons (Fsp3) is 0.833. The number of nitrogens with two attached hydrogens (primary N) is 1. The van der Waals surface area contributed by atoms with Crippen LogP contribution in [0.2, 0.25) is 0 Å². The SMILES string of the molecule is CN(CC(=O)N1CCN(C)C2(CCC(=O)N(CC3CC3)CC2)C1)C(N)=O. The van der Waals surface area contributed by atoms with Gasteiger partial charge in [0.1, 0.15) is 6.54 Å². The summed E-state index contributed by atoms with van der Waals surface area (Å²) in [6.07, 6.45) is 4.69. The zero-order valence-electron chi connectivity index (χ0n) is 15.9. The molecular formula is C18H31N5O3. The summed E-state index contributed by atoms with van der Waals surface area (Å²) in [6.45, 7) is 3.70. The Bertz CT molecular complexity index is 579. The largest absolute Gasteiger partial charge is 0.351 e. The molecule has 3 aliphatic rings. The molecule has 0 radical (unpaired) electrons. The number of hydrogen-bond donors (Lipinski definition) is 1. The second-order valence-electron chi connectivity index (χ2n) is 8.19. The van der Waals surface area contributed by atoms with Crippen LogP contribution in [0, 0.1) is 5.92 Å². The maximum atomic E-state index is 12.6.